The number of aryl methyl sites for hydroxylation is 1. The predicted molar refractivity (Wildman–Crippen MR) is 67.1 cm³/mol. The van der Waals surface area contributed by atoms with Gasteiger partial charge in [0.25, 0.3) is 5.91 Å². The monoisotopic (exact) mass is 233 g/mol. The SMILES string of the molecule is Cc1cc(C(=O)NCCCC2CC2)ccc1O. The topological polar surface area (TPSA) is 49.3 Å². The van der Waals surface area contributed by atoms with Crippen molar-refractivity contribution in [3.8, 4) is 5.75 Å². The Morgan fingerprint density at radius 2 is 2.24 bits per heavy atom. The molecule has 17 heavy (non-hydrogen) atoms. The maximum Gasteiger partial charge on any atom is 0.251 e. The van der Waals surface area contributed by atoms with Crippen molar-refractivity contribution in [3.63, 3.8) is 0 Å². The normalized spacial score (nSPS) is 14.6. The quantitative estimate of drug-likeness (QED) is 0.768. The summed E-state index contributed by atoms with van der Waals surface area (Å²) in [4.78, 5) is 11.8. The first kappa shape index (κ1) is 12.0. The number of carbonyl (C=O) groups is 1. The van der Waals surface area contributed by atoms with Gasteiger partial charge in [0, 0.05) is 12.1 Å². The Morgan fingerprint density at radius 3 is 2.88 bits per heavy atom. The van der Waals surface area contributed by atoms with Gasteiger partial charge in [-0.2, -0.15) is 0 Å². The first-order chi connectivity index (χ1) is 8.16. The molecule has 0 aromatic heterocycles. The summed E-state index contributed by atoms with van der Waals surface area (Å²) in [6.07, 6.45) is 5.03. The number of phenolic OH excluding ortho intramolecular Hbond substituents is 1. The fraction of sp³-hybridized carbons (Fsp3) is 0.500. The highest BCUT2D eigenvalue weighted by Crippen LogP contribution is 2.33. The van der Waals surface area contributed by atoms with Crippen molar-refractivity contribution in [2.75, 3.05) is 6.54 Å². The third-order valence-electron chi connectivity index (χ3n) is 3.23. The fourth-order valence-corrected chi connectivity index (χ4v) is 1.90. The van der Waals surface area contributed by atoms with Crippen LogP contribution in [0.1, 0.15) is 41.6 Å². The summed E-state index contributed by atoms with van der Waals surface area (Å²) in [5, 5.41) is 12.3. The minimum atomic E-state index is -0.0519. The van der Waals surface area contributed by atoms with Gasteiger partial charge >= 0.3 is 0 Å². The smallest absolute Gasteiger partial charge is 0.251 e. The minimum Gasteiger partial charge on any atom is -0.508 e. The molecule has 0 bridgehead atoms. The molecule has 0 heterocycles. The van der Waals surface area contributed by atoms with E-state index in [0.717, 1.165) is 24.4 Å². The maximum absolute atomic E-state index is 11.8. The first-order valence-corrected chi connectivity index (χ1v) is 6.24. The van der Waals surface area contributed by atoms with Gasteiger partial charge in [0.1, 0.15) is 5.75 Å². The molecule has 1 fully saturated rings. The Balaban J connectivity index is 1.79. The van der Waals surface area contributed by atoms with Crippen LogP contribution in [0, 0.1) is 12.8 Å². The number of hydrogen-bond donors (Lipinski definition) is 2. The molecular formula is C14H19NO2. The molecule has 0 atom stereocenters. The number of phenols is 1. The summed E-state index contributed by atoms with van der Waals surface area (Å²) in [6.45, 7) is 2.54. The Morgan fingerprint density at radius 1 is 1.47 bits per heavy atom. The molecule has 0 saturated heterocycles. The van der Waals surface area contributed by atoms with Gasteiger partial charge in [0.15, 0.2) is 0 Å². The fourth-order valence-electron chi connectivity index (χ4n) is 1.90. The van der Waals surface area contributed by atoms with Crippen LogP contribution in [-0.2, 0) is 0 Å². The summed E-state index contributed by atoms with van der Waals surface area (Å²) in [5.74, 6) is 1.10. The van der Waals surface area contributed by atoms with E-state index < -0.39 is 0 Å². The van der Waals surface area contributed by atoms with Crippen molar-refractivity contribution in [3.05, 3.63) is 29.3 Å². The molecule has 2 N–H and O–H groups in total. The van der Waals surface area contributed by atoms with Crippen LogP contribution in [0.4, 0.5) is 0 Å². The largest absolute Gasteiger partial charge is 0.508 e. The van der Waals surface area contributed by atoms with E-state index in [-0.39, 0.29) is 11.7 Å². The summed E-state index contributed by atoms with van der Waals surface area (Å²) in [6, 6.07) is 4.93. The van der Waals surface area contributed by atoms with Crippen LogP contribution in [0.2, 0.25) is 0 Å². The summed E-state index contributed by atoms with van der Waals surface area (Å²) >= 11 is 0. The van der Waals surface area contributed by atoms with E-state index in [9.17, 15) is 9.90 Å². The Bertz CT molecular complexity index is 411. The summed E-state index contributed by atoms with van der Waals surface area (Å²) < 4.78 is 0. The zero-order chi connectivity index (χ0) is 12.3. The van der Waals surface area contributed by atoms with E-state index in [1.165, 1.54) is 19.3 Å². The maximum atomic E-state index is 11.8. The highest BCUT2D eigenvalue weighted by Gasteiger charge is 2.20. The lowest BCUT2D eigenvalue weighted by Gasteiger charge is -2.06. The molecule has 0 aliphatic heterocycles. The van der Waals surface area contributed by atoms with Crippen molar-refractivity contribution in [2.45, 2.75) is 32.6 Å². The second-order valence-corrected chi connectivity index (χ2v) is 4.84. The van der Waals surface area contributed by atoms with Gasteiger partial charge in [0.2, 0.25) is 0 Å². The summed E-state index contributed by atoms with van der Waals surface area (Å²) in [7, 11) is 0. The van der Waals surface area contributed by atoms with E-state index in [1.54, 1.807) is 25.1 Å². The molecule has 1 amide bonds. The third kappa shape index (κ3) is 3.48. The first-order valence-electron chi connectivity index (χ1n) is 6.24. The number of nitrogens with one attached hydrogen (secondary N) is 1. The van der Waals surface area contributed by atoms with Crippen LogP contribution in [0.5, 0.6) is 5.75 Å². The van der Waals surface area contributed by atoms with E-state index >= 15 is 0 Å². The molecule has 0 radical (unpaired) electrons. The van der Waals surface area contributed by atoms with E-state index in [1.807, 2.05) is 0 Å². The zero-order valence-electron chi connectivity index (χ0n) is 10.2. The molecule has 3 nitrogen and oxygen atoms in total. The standard InChI is InChI=1S/C14H19NO2/c1-10-9-12(6-7-13(10)16)14(17)15-8-2-3-11-4-5-11/h6-7,9,11,16H,2-5,8H2,1H3,(H,15,17). The van der Waals surface area contributed by atoms with Gasteiger partial charge in [0.05, 0.1) is 0 Å². The van der Waals surface area contributed by atoms with Crippen LogP contribution in [0.15, 0.2) is 18.2 Å². The lowest BCUT2D eigenvalue weighted by atomic mass is 10.1. The van der Waals surface area contributed by atoms with Crippen molar-refractivity contribution < 1.29 is 9.90 Å². The van der Waals surface area contributed by atoms with Crippen molar-refractivity contribution in [1.29, 1.82) is 0 Å². The van der Waals surface area contributed by atoms with E-state index in [4.69, 9.17) is 0 Å². The molecule has 1 aliphatic carbocycles. The van der Waals surface area contributed by atoms with Crippen LogP contribution in [-0.4, -0.2) is 17.6 Å². The number of carbonyl (C=O) groups excluding carboxylic acids is 1. The molecule has 1 aromatic rings. The van der Waals surface area contributed by atoms with Gasteiger partial charge < -0.3 is 10.4 Å². The van der Waals surface area contributed by atoms with Gasteiger partial charge in [-0.15, -0.1) is 0 Å². The van der Waals surface area contributed by atoms with Crippen molar-refractivity contribution in [2.24, 2.45) is 5.92 Å². The second kappa shape index (κ2) is 5.21. The molecule has 0 unspecified atom stereocenters. The highest BCUT2D eigenvalue weighted by molar-refractivity contribution is 5.94. The Kier molecular flexibility index (Phi) is 3.67. The molecule has 1 saturated carbocycles. The van der Waals surface area contributed by atoms with Crippen LogP contribution in [0.3, 0.4) is 0 Å². The van der Waals surface area contributed by atoms with Gasteiger partial charge in [-0.3, -0.25) is 4.79 Å². The lowest BCUT2D eigenvalue weighted by molar-refractivity contribution is 0.0952. The van der Waals surface area contributed by atoms with Gasteiger partial charge in [-0.25, -0.2) is 0 Å². The third-order valence-corrected chi connectivity index (χ3v) is 3.23. The molecular weight excluding hydrogens is 214 g/mol. The van der Waals surface area contributed by atoms with E-state index in [2.05, 4.69) is 5.32 Å². The number of aromatic hydroxyl groups is 1. The number of benzene rings is 1. The van der Waals surface area contributed by atoms with Crippen LogP contribution < -0.4 is 5.32 Å². The zero-order valence-corrected chi connectivity index (χ0v) is 10.2. The molecule has 1 aliphatic rings. The number of rotatable bonds is 5. The predicted octanol–water partition coefficient (Wildman–Crippen LogP) is 2.62. The molecule has 3 heteroatoms. The van der Waals surface area contributed by atoms with Crippen LogP contribution >= 0.6 is 0 Å². The molecule has 92 valence electrons. The highest BCUT2D eigenvalue weighted by atomic mass is 16.3. The summed E-state index contributed by atoms with van der Waals surface area (Å²) in [5.41, 5.74) is 1.35. The van der Waals surface area contributed by atoms with E-state index in [0.29, 0.717) is 5.56 Å². The van der Waals surface area contributed by atoms with Crippen molar-refractivity contribution >= 4 is 5.91 Å². The van der Waals surface area contributed by atoms with Crippen LogP contribution in [0.25, 0.3) is 0 Å². The Hall–Kier alpha value is -1.51. The average Bonchev–Trinajstić information content (AvgIpc) is 3.12. The molecule has 0 spiro atoms. The van der Waals surface area contributed by atoms with Crippen molar-refractivity contribution in [1.82, 2.24) is 5.32 Å². The van der Waals surface area contributed by atoms with Gasteiger partial charge in [-0.05, 0) is 49.4 Å². The second-order valence-electron chi connectivity index (χ2n) is 4.84. The molecule has 1 aromatic carbocycles. The number of hydrogen-bond acceptors (Lipinski definition) is 2. The Labute approximate surface area is 102 Å². The minimum absolute atomic E-state index is 0.0519. The average molecular weight is 233 g/mol. The lowest BCUT2D eigenvalue weighted by Crippen LogP contribution is -2.24. The number of amides is 1. The molecule has 2 rings (SSSR count). The van der Waals surface area contributed by atoms with Gasteiger partial charge in [-0.1, -0.05) is 12.8 Å².